The van der Waals surface area contributed by atoms with Crippen molar-refractivity contribution in [3.63, 3.8) is 0 Å². The van der Waals surface area contributed by atoms with E-state index >= 15 is 0 Å². The molecule has 0 atom stereocenters. The molecular weight excluding hydrogens is 385 g/mol. The first-order chi connectivity index (χ1) is 13.4. The molecule has 1 aromatic carbocycles. The molecule has 1 aromatic heterocycles. The summed E-state index contributed by atoms with van der Waals surface area (Å²) in [6.07, 6.45) is 0. The average Bonchev–Trinajstić information content (AvgIpc) is 2.65. The van der Waals surface area contributed by atoms with E-state index in [0.29, 0.717) is 37.0 Å². The minimum Gasteiger partial charge on any atom is -0.378 e. The number of ether oxygens (including phenoxy) is 1. The lowest BCUT2D eigenvalue weighted by Gasteiger charge is -2.28. The molecule has 2 aromatic rings. The maximum Gasteiger partial charge on any atom is 0.215 e. The predicted octanol–water partition coefficient (Wildman–Crippen LogP) is 1.29. The van der Waals surface area contributed by atoms with Crippen molar-refractivity contribution in [1.29, 1.82) is 0 Å². The van der Waals surface area contributed by atoms with Crippen LogP contribution in [0.4, 0.5) is 16.0 Å². The number of hydrogen-bond acceptors (Lipinski definition) is 7. The molecule has 2 heterocycles. The second-order valence-electron chi connectivity index (χ2n) is 6.47. The number of halogens is 1. The number of aryl methyl sites for hydroxylation is 1. The van der Waals surface area contributed by atoms with Crippen LogP contribution in [0, 0.1) is 12.7 Å². The van der Waals surface area contributed by atoms with Gasteiger partial charge in [-0.2, -0.15) is 0 Å². The molecule has 3 rings (SSSR count). The van der Waals surface area contributed by atoms with Gasteiger partial charge in [0.15, 0.2) is 0 Å². The van der Waals surface area contributed by atoms with Crippen molar-refractivity contribution >= 4 is 21.7 Å². The summed E-state index contributed by atoms with van der Waals surface area (Å²) in [6, 6.07) is 7.42. The Balaban J connectivity index is 1.51. The largest absolute Gasteiger partial charge is 0.378 e. The van der Waals surface area contributed by atoms with Gasteiger partial charge in [0.05, 0.1) is 19.0 Å². The molecular formula is C18H24FN5O3S. The first-order valence-corrected chi connectivity index (χ1v) is 10.7. The molecule has 1 saturated heterocycles. The molecule has 0 unspecified atom stereocenters. The van der Waals surface area contributed by atoms with Gasteiger partial charge in [0.25, 0.3) is 0 Å². The van der Waals surface area contributed by atoms with Crippen molar-refractivity contribution in [3.05, 3.63) is 47.5 Å². The van der Waals surface area contributed by atoms with Crippen LogP contribution < -0.4 is 14.9 Å². The van der Waals surface area contributed by atoms with E-state index in [1.54, 1.807) is 6.07 Å². The fourth-order valence-electron chi connectivity index (χ4n) is 2.89. The van der Waals surface area contributed by atoms with Crippen LogP contribution in [0.2, 0.25) is 0 Å². The summed E-state index contributed by atoms with van der Waals surface area (Å²) in [6.45, 7) is 5.25. The van der Waals surface area contributed by atoms with Crippen LogP contribution in [0.25, 0.3) is 0 Å². The number of sulfonamides is 1. The van der Waals surface area contributed by atoms with Gasteiger partial charge in [0, 0.05) is 32.2 Å². The fourth-order valence-corrected chi connectivity index (χ4v) is 4.02. The highest BCUT2D eigenvalue weighted by Crippen LogP contribution is 2.17. The molecule has 2 N–H and O–H groups in total. The molecule has 1 aliphatic heterocycles. The van der Waals surface area contributed by atoms with Crippen LogP contribution in [0.3, 0.4) is 0 Å². The van der Waals surface area contributed by atoms with E-state index in [9.17, 15) is 12.8 Å². The number of hydrogen-bond donors (Lipinski definition) is 2. The quantitative estimate of drug-likeness (QED) is 0.634. The van der Waals surface area contributed by atoms with Crippen molar-refractivity contribution < 1.29 is 17.5 Å². The molecule has 0 amide bonds. The van der Waals surface area contributed by atoms with Crippen LogP contribution in [-0.2, 0) is 20.5 Å². The molecule has 0 aliphatic carbocycles. The number of aromatic nitrogens is 2. The SMILES string of the molecule is Cc1nc(NCCNS(=O)(=O)Cc2cccc(F)c2)cc(N2CCOCC2)n1. The van der Waals surface area contributed by atoms with Crippen molar-refractivity contribution in [2.45, 2.75) is 12.7 Å². The van der Waals surface area contributed by atoms with Crippen molar-refractivity contribution in [1.82, 2.24) is 14.7 Å². The molecule has 1 aliphatic rings. The van der Waals surface area contributed by atoms with Crippen LogP contribution in [0.5, 0.6) is 0 Å². The van der Waals surface area contributed by atoms with Gasteiger partial charge in [-0.15, -0.1) is 0 Å². The van der Waals surface area contributed by atoms with Gasteiger partial charge in [-0.1, -0.05) is 12.1 Å². The zero-order chi connectivity index (χ0) is 20.0. The van der Waals surface area contributed by atoms with Crippen LogP contribution >= 0.6 is 0 Å². The highest BCUT2D eigenvalue weighted by atomic mass is 32.2. The highest BCUT2D eigenvalue weighted by molar-refractivity contribution is 7.88. The zero-order valence-corrected chi connectivity index (χ0v) is 16.5. The first-order valence-electron chi connectivity index (χ1n) is 9.05. The lowest BCUT2D eigenvalue weighted by Crippen LogP contribution is -2.37. The Labute approximate surface area is 164 Å². The average molecular weight is 409 g/mol. The number of nitrogens with zero attached hydrogens (tertiary/aromatic N) is 3. The van der Waals surface area contributed by atoms with Crippen LogP contribution in [-0.4, -0.2) is 57.8 Å². The van der Waals surface area contributed by atoms with Gasteiger partial charge < -0.3 is 15.0 Å². The molecule has 28 heavy (non-hydrogen) atoms. The maximum atomic E-state index is 13.2. The number of anilines is 2. The predicted molar refractivity (Wildman–Crippen MR) is 105 cm³/mol. The Morgan fingerprint density at radius 3 is 2.71 bits per heavy atom. The van der Waals surface area contributed by atoms with E-state index in [0.717, 1.165) is 18.9 Å². The van der Waals surface area contributed by atoms with Gasteiger partial charge >= 0.3 is 0 Å². The Morgan fingerprint density at radius 1 is 1.18 bits per heavy atom. The van der Waals surface area contributed by atoms with Gasteiger partial charge in [0.1, 0.15) is 23.3 Å². The van der Waals surface area contributed by atoms with E-state index in [-0.39, 0.29) is 12.3 Å². The molecule has 10 heteroatoms. The number of nitrogens with one attached hydrogen (secondary N) is 2. The summed E-state index contributed by atoms with van der Waals surface area (Å²) in [5.74, 6) is 1.38. The monoisotopic (exact) mass is 409 g/mol. The molecule has 152 valence electrons. The second kappa shape index (κ2) is 9.26. The van der Waals surface area contributed by atoms with Crippen molar-refractivity contribution in [3.8, 4) is 0 Å². The summed E-state index contributed by atoms with van der Waals surface area (Å²) < 4.78 is 45.3. The van der Waals surface area contributed by atoms with Gasteiger partial charge in [-0.3, -0.25) is 0 Å². The Bertz CT molecular complexity index is 904. The summed E-state index contributed by atoms with van der Waals surface area (Å²) in [4.78, 5) is 10.9. The highest BCUT2D eigenvalue weighted by Gasteiger charge is 2.14. The Kier molecular flexibility index (Phi) is 6.76. The van der Waals surface area contributed by atoms with E-state index in [1.165, 1.54) is 18.2 Å². The topological polar surface area (TPSA) is 96.5 Å². The lowest BCUT2D eigenvalue weighted by molar-refractivity contribution is 0.122. The molecule has 8 nitrogen and oxygen atoms in total. The molecule has 0 saturated carbocycles. The van der Waals surface area contributed by atoms with Crippen molar-refractivity contribution in [2.75, 3.05) is 49.6 Å². The Hall–Kier alpha value is -2.30. The molecule has 0 spiro atoms. The van der Waals surface area contributed by atoms with E-state index < -0.39 is 15.8 Å². The first kappa shape index (κ1) is 20.4. The molecule has 1 fully saturated rings. The fraction of sp³-hybridized carbons (Fsp3) is 0.444. The summed E-state index contributed by atoms with van der Waals surface area (Å²) in [5.41, 5.74) is 0.405. The number of benzene rings is 1. The minimum absolute atomic E-state index is 0.188. The van der Waals surface area contributed by atoms with Crippen LogP contribution in [0.15, 0.2) is 30.3 Å². The summed E-state index contributed by atoms with van der Waals surface area (Å²) >= 11 is 0. The van der Waals surface area contributed by atoms with Gasteiger partial charge in [-0.25, -0.2) is 27.5 Å². The number of rotatable bonds is 8. The van der Waals surface area contributed by atoms with E-state index in [4.69, 9.17) is 4.74 Å². The zero-order valence-electron chi connectivity index (χ0n) is 15.7. The van der Waals surface area contributed by atoms with E-state index in [2.05, 4.69) is 24.9 Å². The van der Waals surface area contributed by atoms with Gasteiger partial charge in [0.2, 0.25) is 10.0 Å². The smallest absolute Gasteiger partial charge is 0.215 e. The molecule has 0 radical (unpaired) electrons. The third kappa shape index (κ3) is 6.11. The Morgan fingerprint density at radius 2 is 1.96 bits per heavy atom. The maximum absolute atomic E-state index is 13.2. The van der Waals surface area contributed by atoms with E-state index in [1.807, 2.05) is 13.0 Å². The van der Waals surface area contributed by atoms with Crippen LogP contribution in [0.1, 0.15) is 11.4 Å². The van der Waals surface area contributed by atoms with Crippen molar-refractivity contribution in [2.24, 2.45) is 0 Å². The van der Waals surface area contributed by atoms with Gasteiger partial charge in [-0.05, 0) is 24.6 Å². The molecule has 0 bridgehead atoms. The summed E-state index contributed by atoms with van der Waals surface area (Å²) in [5, 5.41) is 3.11. The summed E-state index contributed by atoms with van der Waals surface area (Å²) in [7, 11) is -3.55. The normalized spacial score (nSPS) is 14.9. The lowest BCUT2D eigenvalue weighted by atomic mass is 10.2. The number of morpholine rings is 1. The third-order valence-electron chi connectivity index (χ3n) is 4.16. The second-order valence-corrected chi connectivity index (χ2v) is 8.27. The standard InChI is InChI=1S/C18H24FN5O3S/c1-14-22-17(12-18(23-14)24-7-9-27-10-8-24)20-5-6-21-28(25,26)13-15-3-2-4-16(19)11-15/h2-4,11-12,21H,5-10,13H2,1H3,(H,20,22,23). The third-order valence-corrected chi connectivity index (χ3v) is 5.52. The minimum atomic E-state index is -3.55.